The summed E-state index contributed by atoms with van der Waals surface area (Å²) in [5.74, 6) is 2.51. The quantitative estimate of drug-likeness (QED) is 0.733. The Balaban J connectivity index is 1.66. The second-order valence-electron chi connectivity index (χ2n) is 5.81. The lowest BCUT2D eigenvalue weighted by molar-refractivity contribution is 0.0697. The van der Waals surface area contributed by atoms with Crippen molar-refractivity contribution in [1.29, 1.82) is 0 Å². The number of aliphatic hydroxyl groups is 1. The Bertz CT molecular complexity index is 285. The molecule has 4 nitrogen and oxygen atoms in total. The summed E-state index contributed by atoms with van der Waals surface area (Å²) >= 11 is 1.75. The summed E-state index contributed by atoms with van der Waals surface area (Å²) in [5, 5.41) is 15.9. The van der Waals surface area contributed by atoms with E-state index in [1.807, 2.05) is 0 Å². The number of rotatable bonds is 3. The van der Waals surface area contributed by atoms with Crippen LogP contribution in [0.5, 0.6) is 0 Å². The third-order valence-corrected chi connectivity index (χ3v) is 5.25. The van der Waals surface area contributed by atoms with Crippen LogP contribution in [0.25, 0.3) is 0 Å². The summed E-state index contributed by atoms with van der Waals surface area (Å²) in [4.78, 5) is 11.8. The number of amides is 2. The van der Waals surface area contributed by atoms with E-state index in [4.69, 9.17) is 0 Å². The molecule has 2 aliphatic rings. The Morgan fingerprint density at radius 2 is 2.11 bits per heavy atom. The van der Waals surface area contributed by atoms with Crippen molar-refractivity contribution in [2.24, 2.45) is 5.92 Å². The monoisotopic (exact) mass is 272 g/mol. The molecule has 0 radical (unpaired) electrons. The van der Waals surface area contributed by atoms with E-state index >= 15 is 0 Å². The Hall–Kier alpha value is -0.420. The molecule has 3 N–H and O–H groups in total. The largest absolute Gasteiger partial charge is 0.387 e. The molecule has 104 valence electrons. The Morgan fingerprint density at radius 1 is 1.39 bits per heavy atom. The van der Waals surface area contributed by atoms with Crippen LogP contribution in [0, 0.1) is 5.92 Å². The van der Waals surface area contributed by atoms with Crippen LogP contribution in [0.15, 0.2) is 0 Å². The zero-order valence-corrected chi connectivity index (χ0v) is 11.9. The van der Waals surface area contributed by atoms with Crippen LogP contribution in [-0.2, 0) is 0 Å². The zero-order chi connectivity index (χ0) is 13.0. The molecule has 0 aromatic heterocycles. The first kappa shape index (κ1) is 14.0. The predicted octanol–water partition coefficient (Wildman–Crippen LogP) is 1.73. The standard InChI is InChI=1S/C13H24N2O2S/c1-10-2-4-11(5-3-10)15-12(16)14-8-13(17)6-7-18-9-13/h10-11,17H,2-9H2,1H3,(H2,14,15,16). The molecule has 1 saturated heterocycles. The van der Waals surface area contributed by atoms with E-state index in [0.29, 0.717) is 12.6 Å². The topological polar surface area (TPSA) is 61.4 Å². The first-order chi connectivity index (χ1) is 8.57. The molecule has 1 unspecified atom stereocenters. The van der Waals surface area contributed by atoms with E-state index in [2.05, 4.69) is 17.6 Å². The normalized spacial score (nSPS) is 36.3. The predicted molar refractivity (Wildman–Crippen MR) is 74.8 cm³/mol. The van der Waals surface area contributed by atoms with E-state index in [-0.39, 0.29) is 6.03 Å². The summed E-state index contributed by atoms with van der Waals surface area (Å²) in [6, 6.07) is 0.189. The van der Waals surface area contributed by atoms with Crippen LogP contribution >= 0.6 is 11.8 Å². The molecule has 5 heteroatoms. The average molecular weight is 272 g/mol. The molecule has 18 heavy (non-hydrogen) atoms. The fourth-order valence-electron chi connectivity index (χ4n) is 2.62. The minimum Gasteiger partial charge on any atom is -0.387 e. The lowest BCUT2D eigenvalue weighted by Crippen LogP contribution is -2.49. The number of urea groups is 1. The van der Waals surface area contributed by atoms with Crippen molar-refractivity contribution >= 4 is 17.8 Å². The third kappa shape index (κ3) is 4.05. The van der Waals surface area contributed by atoms with E-state index in [9.17, 15) is 9.90 Å². The van der Waals surface area contributed by atoms with Crippen LogP contribution in [0.4, 0.5) is 4.79 Å². The van der Waals surface area contributed by atoms with Crippen molar-refractivity contribution in [3.8, 4) is 0 Å². The summed E-state index contributed by atoms with van der Waals surface area (Å²) in [7, 11) is 0. The van der Waals surface area contributed by atoms with Crippen molar-refractivity contribution < 1.29 is 9.90 Å². The van der Waals surface area contributed by atoms with Crippen molar-refractivity contribution in [2.45, 2.75) is 50.7 Å². The molecule has 1 saturated carbocycles. The van der Waals surface area contributed by atoms with E-state index in [1.54, 1.807) is 11.8 Å². The number of thioether (sulfide) groups is 1. The van der Waals surface area contributed by atoms with Gasteiger partial charge in [-0.2, -0.15) is 11.8 Å². The molecule has 1 heterocycles. The lowest BCUT2D eigenvalue weighted by Gasteiger charge is -2.28. The summed E-state index contributed by atoms with van der Waals surface area (Å²) in [5.41, 5.74) is -0.691. The van der Waals surface area contributed by atoms with Gasteiger partial charge < -0.3 is 15.7 Å². The summed E-state index contributed by atoms with van der Waals surface area (Å²) in [6.07, 6.45) is 5.33. The van der Waals surface area contributed by atoms with Crippen LogP contribution in [-0.4, -0.2) is 40.8 Å². The number of nitrogens with one attached hydrogen (secondary N) is 2. The minimum absolute atomic E-state index is 0.125. The van der Waals surface area contributed by atoms with Gasteiger partial charge in [-0.05, 0) is 43.8 Å². The second-order valence-corrected chi connectivity index (χ2v) is 6.92. The number of hydrogen-bond acceptors (Lipinski definition) is 3. The molecule has 1 aliphatic carbocycles. The number of carbonyl (C=O) groups excluding carboxylic acids is 1. The van der Waals surface area contributed by atoms with Crippen molar-refractivity contribution in [3.05, 3.63) is 0 Å². The fourth-order valence-corrected chi connectivity index (χ4v) is 3.92. The number of hydrogen-bond donors (Lipinski definition) is 3. The van der Waals surface area contributed by atoms with Crippen LogP contribution in [0.1, 0.15) is 39.0 Å². The molecule has 0 spiro atoms. The zero-order valence-electron chi connectivity index (χ0n) is 11.1. The second kappa shape index (κ2) is 6.15. The van der Waals surface area contributed by atoms with Gasteiger partial charge in [-0.3, -0.25) is 0 Å². The fraction of sp³-hybridized carbons (Fsp3) is 0.923. The minimum atomic E-state index is -0.691. The van der Waals surface area contributed by atoms with Crippen LogP contribution < -0.4 is 10.6 Å². The van der Waals surface area contributed by atoms with Gasteiger partial charge in [-0.25, -0.2) is 4.79 Å². The molecular weight excluding hydrogens is 248 g/mol. The van der Waals surface area contributed by atoms with E-state index in [0.717, 1.165) is 36.7 Å². The molecule has 2 fully saturated rings. The molecule has 1 aliphatic heterocycles. The smallest absolute Gasteiger partial charge is 0.315 e. The van der Waals surface area contributed by atoms with E-state index < -0.39 is 5.60 Å². The van der Waals surface area contributed by atoms with Gasteiger partial charge in [0.2, 0.25) is 0 Å². The lowest BCUT2D eigenvalue weighted by atomic mass is 9.87. The van der Waals surface area contributed by atoms with Gasteiger partial charge in [-0.15, -0.1) is 0 Å². The van der Waals surface area contributed by atoms with E-state index in [1.165, 1.54) is 12.8 Å². The molecule has 1 atom stereocenters. The Morgan fingerprint density at radius 3 is 2.72 bits per heavy atom. The van der Waals surface area contributed by atoms with Gasteiger partial charge in [0.15, 0.2) is 0 Å². The Kier molecular flexibility index (Phi) is 4.78. The third-order valence-electron chi connectivity index (χ3n) is 4.01. The highest BCUT2D eigenvalue weighted by Gasteiger charge is 2.32. The van der Waals surface area contributed by atoms with Crippen molar-refractivity contribution in [1.82, 2.24) is 10.6 Å². The first-order valence-electron chi connectivity index (χ1n) is 6.92. The van der Waals surface area contributed by atoms with Gasteiger partial charge >= 0.3 is 6.03 Å². The number of carbonyl (C=O) groups is 1. The maximum absolute atomic E-state index is 11.8. The van der Waals surface area contributed by atoms with Crippen molar-refractivity contribution in [2.75, 3.05) is 18.1 Å². The molecular formula is C13H24N2O2S. The molecule has 0 bridgehead atoms. The van der Waals surface area contributed by atoms with Crippen molar-refractivity contribution in [3.63, 3.8) is 0 Å². The SMILES string of the molecule is CC1CCC(NC(=O)NCC2(O)CCSC2)CC1. The molecule has 0 aromatic carbocycles. The van der Waals surface area contributed by atoms with Gasteiger partial charge in [0.05, 0.1) is 5.60 Å². The molecule has 2 rings (SSSR count). The average Bonchev–Trinajstić information content (AvgIpc) is 2.78. The van der Waals surface area contributed by atoms with Gasteiger partial charge in [0, 0.05) is 18.3 Å². The Labute approximate surface area is 113 Å². The highest BCUT2D eigenvalue weighted by Crippen LogP contribution is 2.27. The first-order valence-corrected chi connectivity index (χ1v) is 8.07. The van der Waals surface area contributed by atoms with Crippen LogP contribution in [0.2, 0.25) is 0 Å². The highest BCUT2D eigenvalue weighted by atomic mass is 32.2. The summed E-state index contributed by atoms with van der Waals surface area (Å²) < 4.78 is 0. The van der Waals surface area contributed by atoms with Gasteiger partial charge in [-0.1, -0.05) is 6.92 Å². The molecule has 0 aromatic rings. The van der Waals surface area contributed by atoms with Crippen LogP contribution in [0.3, 0.4) is 0 Å². The highest BCUT2D eigenvalue weighted by molar-refractivity contribution is 7.99. The maximum Gasteiger partial charge on any atom is 0.315 e. The van der Waals surface area contributed by atoms with Gasteiger partial charge in [0.25, 0.3) is 0 Å². The van der Waals surface area contributed by atoms with Gasteiger partial charge in [0.1, 0.15) is 0 Å². The maximum atomic E-state index is 11.8. The summed E-state index contributed by atoms with van der Waals surface area (Å²) in [6.45, 7) is 2.64. The molecule has 2 amide bonds.